The van der Waals surface area contributed by atoms with E-state index in [1.54, 1.807) is 18.4 Å². The molecule has 0 bridgehead atoms. The first-order valence-corrected chi connectivity index (χ1v) is 7.69. The topological polar surface area (TPSA) is 32.0 Å². The minimum absolute atomic E-state index is 0.520. The van der Waals surface area contributed by atoms with Gasteiger partial charge in [-0.05, 0) is 24.5 Å². The van der Waals surface area contributed by atoms with Crippen molar-refractivity contribution in [3.8, 4) is 0 Å². The lowest BCUT2D eigenvalue weighted by Gasteiger charge is -2.06. The second kappa shape index (κ2) is 11.8. The average Bonchev–Trinajstić information content (AvgIpc) is 2.56. The molecule has 0 radical (unpaired) electrons. The third kappa shape index (κ3) is 7.82. The van der Waals surface area contributed by atoms with Crippen LogP contribution in [0.5, 0.6) is 0 Å². The summed E-state index contributed by atoms with van der Waals surface area (Å²) in [4.78, 5) is 3.37. The van der Waals surface area contributed by atoms with Gasteiger partial charge < -0.3 is 14.2 Å². The number of hydrogen-bond acceptors (Lipinski definition) is 3. The van der Waals surface area contributed by atoms with Gasteiger partial charge in [-0.15, -0.1) is 0 Å². The monoisotopic (exact) mass is 303 g/mol. The van der Waals surface area contributed by atoms with E-state index in [9.17, 15) is 0 Å². The molecule has 0 aliphatic carbocycles. The van der Waals surface area contributed by atoms with Crippen molar-refractivity contribution in [2.24, 2.45) is 0 Å². The minimum Gasteiger partial charge on any atom is -0.498 e. The van der Waals surface area contributed by atoms with Crippen LogP contribution in [0.2, 0.25) is 0 Å². The van der Waals surface area contributed by atoms with E-state index in [1.807, 2.05) is 19.1 Å². The highest BCUT2D eigenvalue weighted by molar-refractivity contribution is 5.64. The maximum Gasteiger partial charge on any atom is 0.187 e. The molecule has 0 N–H and O–H groups in total. The number of nitrogens with zero attached hydrogens (tertiary/aromatic N) is 1. The average molecular weight is 303 g/mol. The summed E-state index contributed by atoms with van der Waals surface area (Å²) in [6.45, 7) is 14.2. The van der Waals surface area contributed by atoms with Crippen LogP contribution in [0, 0.1) is 6.57 Å². The van der Waals surface area contributed by atoms with Crippen molar-refractivity contribution in [2.75, 3.05) is 33.0 Å². The standard InChI is InChI=1S/C18H25NO3/c1-4-5-10-20-11-12-21-13-14-22-15-16(2)17-6-8-18(19-3)9-7-17/h6-9,15H,4-5,10-14H2,1-2H3/b16-15+. The van der Waals surface area contributed by atoms with Crippen LogP contribution in [0.1, 0.15) is 32.3 Å². The molecule has 0 saturated carbocycles. The minimum atomic E-state index is 0.520. The van der Waals surface area contributed by atoms with Gasteiger partial charge >= 0.3 is 0 Å². The molecule has 0 spiro atoms. The van der Waals surface area contributed by atoms with Crippen molar-refractivity contribution in [3.05, 3.63) is 47.5 Å². The first-order chi connectivity index (χ1) is 10.8. The van der Waals surface area contributed by atoms with Crippen molar-refractivity contribution >= 4 is 11.3 Å². The first-order valence-electron chi connectivity index (χ1n) is 7.69. The Balaban J connectivity index is 2.10. The molecule has 1 rings (SSSR count). The van der Waals surface area contributed by atoms with Crippen molar-refractivity contribution in [1.29, 1.82) is 0 Å². The maximum atomic E-state index is 6.92. The predicted molar refractivity (Wildman–Crippen MR) is 88.9 cm³/mol. The Morgan fingerprint density at radius 1 is 1.05 bits per heavy atom. The molecule has 0 saturated heterocycles. The van der Waals surface area contributed by atoms with Crippen molar-refractivity contribution < 1.29 is 14.2 Å². The molecule has 0 amide bonds. The molecule has 1 aromatic carbocycles. The molecule has 120 valence electrons. The van der Waals surface area contributed by atoms with E-state index >= 15 is 0 Å². The van der Waals surface area contributed by atoms with E-state index in [2.05, 4.69) is 11.8 Å². The summed E-state index contributed by atoms with van der Waals surface area (Å²) >= 11 is 0. The van der Waals surface area contributed by atoms with Gasteiger partial charge in [-0.25, -0.2) is 4.85 Å². The lowest BCUT2D eigenvalue weighted by molar-refractivity contribution is 0.0300. The van der Waals surface area contributed by atoms with Crippen LogP contribution in [-0.2, 0) is 14.2 Å². The summed E-state index contributed by atoms with van der Waals surface area (Å²) in [5, 5.41) is 0. The Kier molecular flexibility index (Phi) is 9.76. The summed E-state index contributed by atoms with van der Waals surface area (Å²) in [5.41, 5.74) is 2.73. The van der Waals surface area contributed by atoms with Crippen LogP contribution in [-0.4, -0.2) is 33.0 Å². The van der Waals surface area contributed by atoms with Gasteiger partial charge in [0, 0.05) is 6.61 Å². The van der Waals surface area contributed by atoms with Gasteiger partial charge in [-0.2, -0.15) is 0 Å². The van der Waals surface area contributed by atoms with Crippen molar-refractivity contribution in [2.45, 2.75) is 26.7 Å². The zero-order chi connectivity index (χ0) is 16.0. The van der Waals surface area contributed by atoms with E-state index in [-0.39, 0.29) is 0 Å². The second-order valence-electron chi connectivity index (χ2n) is 4.91. The Morgan fingerprint density at radius 3 is 2.32 bits per heavy atom. The number of benzene rings is 1. The van der Waals surface area contributed by atoms with Gasteiger partial charge in [-0.1, -0.05) is 37.6 Å². The molecule has 1 aromatic rings. The van der Waals surface area contributed by atoms with Gasteiger partial charge in [0.1, 0.15) is 6.61 Å². The third-order valence-electron chi connectivity index (χ3n) is 3.07. The highest BCUT2D eigenvalue weighted by Gasteiger charge is 1.97. The van der Waals surface area contributed by atoms with Crippen LogP contribution in [0.4, 0.5) is 5.69 Å². The van der Waals surface area contributed by atoms with E-state index in [0.717, 1.165) is 30.6 Å². The smallest absolute Gasteiger partial charge is 0.187 e. The molecule has 0 atom stereocenters. The Bertz CT molecular complexity index is 474. The quantitative estimate of drug-likeness (QED) is 0.344. The van der Waals surface area contributed by atoms with E-state index in [0.29, 0.717) is 32.1 Å². The summed E-state index contributed by atoms with van der Waals surface area (Å²) in [6, 6.07) is 7.46. The lowest BCUT2D eigenvalue weighted by Crippen LogP contribution is -2.08. The highest BCUT2D eigenvalue weighted by Crippen LogP contribution is 2.18. The van der Waals surface area contributed by atoms with Crippen LogP contribution in [0.3, 0.4) is 0 Å². The van der Waals surface area contributed by atoms with E-state index in [4.69, 9.17) is 20.8 Å². The number of hydrogen-bond donors (Lipinski definition) is 0. The van der Waals surface area contributed by atoms with Gasteiger partial charge in [0.25, 0.3) is 0 Å². The summed E-state index contributed by atoms with van der Waals surface area (Å²) in [5.74, 6) is 0. The van der Waals surface area contributed by atoms with Gasteiger partial charge in [0.15, 0.2) is 5.69 Å². The highest BCUT2D eigenvalue weighted by atomic mass is 16.5. The molecule has 22 heavy (non-hydrogen) atoms. The fraction of sp³-hybridized carbons (Fsp3) is 0.500. The van der Waals surface area contributed by atoms with Gasteiger partial charge in [0.2, 0.25) is 0 Å². The molecule has 4 nitrogen and oxygen atoms in total. The summed E-state index contributed by atoms with van der Waals surface area (Å²) < 4.78 is 16.3. The predicted octanol–water partition coefficient (Wildman–Crippen LogP) is 4.45. The van der Waals surface area contributed by atoms with E-state index < -0.39 is 0 Å². The summed E-state index contributed by atoms with van der Waals surface area (Å²) in [6.07, 6.45) is 3.99. The fourth-order valence-corrected chi connectivity index (χ4v) is 1.73. The molecule has 0 heterocycles. The molecule has 0 aromatic heterocycles. The molecular formula is C18H25NO3. The van der Waals surface area contributed by atoms with Crippen LogP contribution >= 0.6 is 0 Å². The zero-order valence-corrected chi connectivity index (χ0v) is 13.5. The number of allylic oxidation sites excluding steroid dienone is 1. The lowest BCUT2D eigenvalue weighted by atomic mass is 10.1. The molecule has 4 heteroatoms. The molecule has 0 aliphatic rings. The van der Waals surface area contributed by atoms with Crippen molar-refractivity contribution in [1.82, 2.24) is 0 Å². The Labute approximate surface area is 133 Å². The maximum absolute atomic E-state index is 6.92. The van der Waals surface area contributed by atoms with Crippen LogP contribution < -0.4 is 0 Å². The third-order valence-corrected chi connectivity index (χ3v) is 3.07. The SMILES string of the molecule is [C-]#[N+]c1ccc(/C(C)=C/OCCOCCOCCCC)cc1. The molecule has 0 aliphatic heterocycles. The molecular weight excluding hydrogens is 278 g/mol. The van der Waals surface area contributed by atoms with E-state index in [1.165, 1.54) is 0 Å². The van der Waals surface area contributed by atoms with Crippen molar-refractivity contribution in [3.63, 3.8) is 0 Å². The largest absolute Gasteiger partial charge is 0.498 e. The number of rotatable bonds is 11. The zero-order valence-electron chi connectivity index (χ0n) is 13.5. The van der Waals surface area contributed by atoms with Gasteiger partial charge in [0.05, 0.1) is 32.7 Å². The number of unbranched alkanes of at least 4 members (excludes halogenated alkanes) is 1. The molecule has 0 fully saturated rings. The van der Waals surface area contributed by atoms with Gasteiger partial charge in [-0.3, -0.25) is 0 Å². The van der Waals surface area contributed by atoms with Crippen LogP contribution in [0.25, 0.3) is 10.4 Å². The number of ether oxygens (including phenoxy) is 3. The molecule has 0 unspecified atom stereocenters. The van der Waals surface area contributed by atoms with Crippen LogP contribution in [0.15, 0.2) is 30.5 Å². The fourth-order valence-electron chi connectivity index (χ4n) is 1.73. The Morgan fingerprint density at radius 2 is 1.68 bits per heavy atom. The normalized spacial score (nSPS) is 11.2. The second-order valence-corrected chi connectivity index (χ2v) is 4.91. The summed E-state index contributed by atoms with van der Waals surface area (Å²) in [7, 11) is 0. The first kappa shape index (κ1) is 18.2. The Hall–Kier alpha value is -1.83.